The van der Waals surface area contributed by atoms with E-state index in [1.165, 1.54) is 4.90 Å². The van der Waals surface area contributed by atoms with Gasteiger partial charge in [-0.15, -0.1) is 0 Å². The van der Waals surface area contributed by atoms with E-state index < -0.39 is 34.4 Å². The van der Waals surface area contributed by atoms with E-state index in [2.05, 4.69) is 10.6 Å². The van der Waals surface area contributed by atoms with Crippen LogP contribution in [0.1, 0.15) is 12.0 Å². The molecule has 2 amide bonds. The Labute approximate surface area is 173 Å². The number of cyclic esters (lactones) is 1. The summed E-state index contributed by atoms with van der Waals surface area (Å²) in [4.78, 5) is 35.4. The average Bonchev–Trinajstić information content (AvgIpc) is 3.13. The van der Waals surface area contributed by atoms with E-state index in [1.54, 1.807) is 24.3 Å². The fourth-order valence-corrected chi connectivity index (χ4v) is 2.92. The van der Waals surface area contributed by atoms with Crippen molar-refractivity contribution in [2.45, 2.75) is 12.6 Å². The molecule has 2 aromatic rings. The van der Waals surface area contributed by atoms with E-state index in [1.807, 2.05) is 0 Å². The molecule has 0 bridgehead atoms. The SMILES string of the molecule is O=C(CCNc1ccc(C(F)(F)F)cc1[N+](=O)[O-])Nc1cccc(N2CCOC2=O)c1. The summed E-state index contributed by atoms with van der Waals surface area (Å²) in [7, 11) is 0. The summed E-state index contributed by atoms with van der Waals surface area (Å²) < 4.78 is 43.1. The molecule has 0 radical (unpaired) electrons. The van der Waals surface area contributed by atoms with Crippen molar-refractivity contribution in [2.75, 3.05) is 35.2 Å². The molecule has 1 fully saturated rings. The second kappa shape index (κ2) is 8.90. The van der Waals surface area contributed by atoms with Gasteiger partial charge in [0.15, 0.2) is 0 Å². The van der Waals surface area contributed by atoms with Crippen LogP contribution in [0, 0.1) is 10.1 Å². The standard InChI is InChI=1S/C19H17F3N4O5/c20-19(21,22)12-4-5-15(16(10-12)26(29)30)23-7-6-17(27)24-13-2-1-3-14(11-13)25-8-9-31-18(25)28/h1-5,10-11,23H,6-9H2,(H,24,27). The average molecular weight is 438 g/mol. The van der Waals surface area contributed by atoms with Crippen molar-refractivity contribution in [3.8, 4) is 0 Å². The van der Waals surface area contributed by atoms with E-state index in [0.29, 0.717) is 24.0 Å². The highest BCUT2D eigenvalue weighted by Gasteiger charge is 2.33. The van der Waals surface area contributed by atoms with Crippen LogP contribution in [0.25, 0.3) is 0 Å². The number of ether oxygens (including phenoxy) is 1. The van der Waals surface area contributed by atoms with Gasteiger partial charge in [0.25, 0.3) is 5.69 Å². The van der Waals surface area contributed by atoms with Crippen molar-refractivity contribution in [3.63, 3.8) is 0 Å². The Morgan fingerprint density at radius 3 is 2.65 bits per heavy atom. The van der Waals surface area contributed by atoms with Crippen LogP contribution in [-0.2, 0) is 15.7 Å². The fraction of sp³-hybridized carbons (Fsp3) is 0.263. The molecule has 1 heterocycles. The number of nitrogens with zero attached hydrogens (tertiary/aromatic N) is 2. The molecule has 2 N–H and O–H groups in total. The maximum atomic E-state index is 12.8. The normalized spacial score (nSPS) is 13.6. The van der Waals surface area contributed by atoms with Gasteiger partial charge < -0.3 is 15.4 Å². The van der Waals surface area contributed by atoms with Crippen molar-refractivity contribution < 1.29 is 32.4 Å². The number of benzene rings is 2. The highest BCUT2D eigenvalue weighted by molar-refractivity contribution is 5.94. The van der Waals surface area contributed by atoms with Gasteiger partial charge in [0.1, 0.15) is 12.3 Å². The lowest BCUT2D eigenvalue weighted by molar-refractivity contribution is -0.384. The first-order valence-corrected chi connectivity index (χ1v) is 9.09. The highest BCUT2D eigenvalue weighted by atomic mass is 19.4. The number of hydrogen-bond donors (Lipinski definition) is 2. The van der Waals surface area contributed by atoms with Gasteiger partial charge in [-0.05, 0) is 30.3 Å². The Kier molecular flexibility index (Phi) is 6.28. The molecule has 2 aromatic carbocycles. The molecule has 3 rings (SSSR count). The van der Waals surface area contributed by atoms with Gasteiger partial charge in [-0.3, -0.25) is 19.8 Å². The number of nitro benzene ring substituents is 1. The number of hydrogen-bond acceptors (Lipinski definition) is 6. The van der Waals surface area contributed by atoms with Gasteiger partial charge in [0, 0.05) is 30.4 Å². The molecule has 0 spiro atoms. The molecule has 1 aliphatic heterocycles. The van der Waals surface area contributed by atoms with Gasteiger partial charge in [0.2, 0.25) is 5.91 Å². The number of carbonyl (C=O) groups is 2. The van der Waals surface area contributed by atoms with Crippen molar-refractivity contribution >= 4 is 34.7 Å². The van der Waals surface area contributed by atoms with Crippen LogP contribution in [0.2, 0.25) is 0 Å². The zero-order chi connectivity index (χ0) is 22.6. The van der Waals surface area contributed by atoms with Crippen LogP contribution in [-0.4, -0.2) is 36.6 Å². The Hall–Kier alpha value is -3.83. The van der Waals surface area contributed by atoms with Crippen LogP contribution in [0.4, 0.5) is 40.7 Å². The summed E-state index contributed by atoms with van der Waals surface area (Å²) in [5, 5.41) is 16.3. The van der Waals surface area contributed by atoms with Crippen LogP contribution < -0.4 is 15.5 Å². The number of rotatable bonds is 7. The minimum absolute atomic E-state index is 0.0455. The Balaban J connectivity index is 1.58. The molecule has 9 nitrogen and oxygen atoms in total. The zero-order valence-electron chi connectivity index (χ0n) is 15.9. The fourth-order valence-electron chi connectivity index (χ4n) is 2.92. The number of amides is 2. The molecule has 164 valence electrons. The number of nitrogens with one attached hydrogen (secondary N) is 2. The first kappa shape index (κ1) is 21.9. The summed E-state index contributed by atoms with van der Waals surface area (Å²) in [5.41, 5.74) is -1.01. The first-order chi connectivity index (χ1) is 14.6. The summed E-state index contributed by atoms with van der Waals surface area (Å²) in [5.74, 6) is -0.428. The molecule has 0 aromatic heterocycles. The number of carbonyl (C=O) groups excluding carboxylic acids is 2. The van der Waals surface area contributed by atoms with E-state index >= 15 is 0 Å². The summed E-state index contributed by atoms with van der Waals surface area (Å²) in [6.07, 6.45) is -5.29. The lowest BCUT2D eigenvalue weighted by Crippen LogP contribution is -2.23. The van der Waals surface area contributed by atoms with Crippen molar-refractivity contribution in [3.05, 3.63) is 58.1 Å². The van der Waals surface area contributed by atoms with E-state index in [0.717, 1.165) is 12.1 Å². The Morgan fingerprint density at radius 1 is 1.23 bits per heavy atom. The van der Waals surface area contributed by atoms with Gasteiger partial charge in [-0.25, -0.2) is 4.79 Å². The highest BCUT2D eigenvalue weighted by Crippen LogP contribution is 2.35. The molecule has 12 heteroatoms. The van der Waals surface area contributed by atoms with E-state index in [9.17, 15) is 32.9 Å². The predicted molar refractivity (Wildman–Crippen MR) is 105 cm³/mol. The number of anilines is 3. The van der Waals surface area contributed by atoms with Crippen LogP contribution in [0.15, 0.2) is 42.5 Å². The maximum absolute atomic E-state index is 12.8. The van der Waals surface area contributed by atoms with Gasteiger partial charge in [0.05, 0.1) is 17.0 Å². The number of alkyl halides is 3. The van der Waals surface area contributed by atoms with E-state index in [-0.39, 0.29) is 25.3 Å². The number of halogens is 3. The molecule has 1 saturated heterocycles. The van der Waals surface area contributed by atoms with Crippen molar-refractivity contribution in [1.82, 2.24) is 0 Å². The van der Waals surface area contributed by atoms with Gasteiger partial charge in [-0.1, -0.05) is 6.07 Å². The van der Waals surface area contributed by atoms with Crippen molar-refractivity contribution in [1.29, 1.82) is 0 Å². The lowest BCUT2D eigenvalue weighted by atomic mass is 10.1. The third kappa shape index (κ3) is 5.41. The molecule has 0 saturated carbocycles. The van der Waals surface area contributed by atoms with Crippen LogP contribution >= 0.6 is 0 Å². The molecule has 31 heavy (non-hydrogen) atoms. The minimum atomic E-state index is -4.70. The zero-order valence-corrected chi connectivity index (χ0v) is 15.9. The molecule has 0 unspecified atom stereocenters. The number of nitro groups is 1. The second-order valence-electron chi connectivity index (χ2n) is 6.53. The summed E-state index contributed by atoms with van der Waals surface area (Å²) in [6.45, 7) is 0.624. The second-order valence-corrected chi connectivity index (χ2v) is 6.53. The summed E-state index contributed by atoms with van der Waals surface area (Å²) in [6, 6.07) is 8.68. The summed E-state index contributed by atoms with van der Waals surface area (Å²) >= 11 is 0. The minimum Gasteiger partial charge on any atom is -0.447 e. The monoisotopic (exact) mass is 438 g/mol. The van der Waals surface area contributed by atoms with Crippen LogP contribution in [0.3, 0.4) is 0 Å². The Bertz CT molecular complexity index is 1010. The van der Waals surface area contributed by atoms with Crippen molar-refractivity contribution in [2.24, 2.45) is 0 Å². The molecular formula is C19H17F3N4O5. The van der Waals surface area contributed by atoms with Gasteiger partial charge >= 0.3 is 12.3 Å². The predicted octanol–water partition coefficient (Wildman–Crippen LogP) is 4.01. The molecule has 0 atom stereocenters. The molecular weight excluding hydrogens is 421 g/mol. The molecule has 1 aliphatic rings. The van der Waals surface area contributed by atoms with E-state index in [4.69, 9.17) is 4.74 Å². The topological polar surface area (TPSA) is 114 Å². The maximum Gasteiger partial charge on any atom is 0.416 e. The first-order valence-electron chi connectivity index (χ1n) is 9.09. The third-order valence-electron chi connectivity index (χ3n) is 4.39. The largest absolute Gasteiger partial charge is 0.447 e. The Morgan fingerprint density at radius 2 is 2.00 bits per heavy atom. The smallest absolute Gasteiger partial charge is 0.416 e. The quantitative estimate of drug-likeness (QED) is 0.499. The van der Waals surface area contributed by atoms with Gasteiger partial charge in [-0.2, -0.15) is 13.2 Å². The molecule has 0 aliphatic carbocycles. The van der Waals surface area contributed by atoms with Crippen LogP contribution in [0.5, 0.6) is 0 Å². The third-order valence-corrected chi connectivity index (χ3v) is 4.39. The lowest BCUT2D eigenvalue weighted by Gasteiger charge is -2.14.